The van der Waals surface area contributed by atoms with E-state index in [0.717, 1.165) is 11.4 Å². The molecule has 0 aliphatic heterocycles. The Morgan fingerprint density at radius 3 is 2.27 bits per heavy atom. The first-order chi connectivity index (χ1) is 15.8. The molecule has 0 saturated carbocycles. The number of ether oxygens (including phenoxy) is 1. The van der Waals surface area contributed by atoms with Gasteiger partial charge in [0.1, 0.15) is 17.4 Å². The largest absolute Gasteiger partial charge is 0.439 e. The maximum absolute atomic E-state index is 13.6. The molecule has 0 spiro atoms. The van der Waals surface area contributed by atoms with Gasteiger partial charge in [-0.2, -0.15) is 10.1 Å². The highest BCUT2D eigenvalue weighted by molar-refractivity contribution is 5.99. The molecular weight excluding hydrogens is 423 g/mol. The molecule has 2 aromatic heterocycles. The van der Waals surface area contributed by atoms with Crippen molar-refractivity contribution in [3.63, 3.8) is 0 Å². The van der Waals surface area contributed by atoms with Crippen LogP contribution in [0.4, 0.5) is 20.6 Å². The van der Waals surface area contributed by atoms with Gasteiger partial charge in [-0.15, -0.1) is 0 Å². The van der Waals surface area contributed by atoms with Crippen molar-refractivity contribution in [3.8, 4) is 17.4 Å². The molecule has 0 fully saturated rings. The standard InChI is InChI=1S/C24H23FN6O2/c1-14-5-6-19(12-21(14)25)29-24(32)28-18-7-9-20(10-8-18)33-23-13-22(26-17(4)27-23)31-16(3)11-15(2)30-31/h5-13H,1-4H3,(H2,28,29,32). The molecule has 2 amide bonds. The van der Waals surface area contributed by atoms with Crippen molar-refractivity contribution < 1.29 is 13.9 Å². The molecule has 168 valence electrons. The number of benzene rings is 2. The van der Waals surface area contributed by atoms with Crippen LogP contribution in [0.5, 0.6) is 11.6 Å². The molecule has 0 saturated heterocycles. The topological polar surface area (TPSA) is 94.0 Å². The molecule has 0 unspecified atom stereocenters. The summed E-state index contributed by atoms with van der Waals surface area (Å²) in [4.78, 5) is 21.0. The molecule has 2 N–H and O–H groups in total. The summed E-state index contributed by atoms with van der Waals surface area (Å²) in [7, 11) is 0. The summed E-state index contributed by atoms with van der Waals surface area (Å²) in [6.45, 7) is 7.32. The number of aryl methyl sites for hydroxylation is 4. The maximum atomic E-state index is 13.6. The summed E-state index contributed by atoms with van der Waals surface area (Å²) in [5.74, 6) is 1.71. The minimum atomic E-state index is -0.479. The lowest BCUT2D eigenvalue weighted by molar-refractivity contribution is 0.262. The molecule has 9 heteroatoms. The lowest BCUT2D eigenvalue weighted by atomic mass is 10.2. The average molecular weight is 446 g/mol. The lowest BCUT2D eigenvalue weighted by Crippen LogP contribution is -2.19. The zero-order valence-corrected chi connectivity index (χ0v) is 18.7. The Morgan fingerprint density at radius 1 is 0.909 bits per heavy atom. The number of nitrogens with zero attached hydrogens (tertiary/aromatic N) is 4. The van der Waals surface area contributed by atoms with Gasteiger partial charge in [-0.1, -0.05) is 6.07 Å². The number of urea groups is 1. The average Bonchev–Trinajstić information content (AvgIpc) is 3.10. The second-order valence-electron chi connectivity index (χ2n) is 7.62. The number of carbonyl (C=O) groups is 1. The van der Waals surface area contributed by atoms with Crippen LogP contribution < -0.4 is 15.4 Å². The van der Waals surface area contributed by atoms with Crippen LogP contribution in [0.3, 0.4) is 0 Å². The smallest absolute Gasteiger partial charge is 0.323 e. The fourth-order valence-electron chi connectivity index (χ4n) is 3.24. The summed E-state index contributed by atoms with van der Waals surface area (Å²) >= 11 is 0. The van der Waals surface area contributed by atoms with Gasteiger partial charge in [-0.25, -0.2) is 18.9 Å². The van der Waals surface area contributed by atoms with Gasteiger partial charge >= 0.3 is 6.03 Å². The van der Waals surface area contributed by atoms with E-state index in [1.54, 1.807) is 61.0 Å². The van der Waals surface area contributed by atoms with Crippen LogP contribution in [0.1, 0.15) is 22.8 Å². The summed E-state index contributed by atoms with van der Waals surface area (Å²) in [6, 6.07) is 14.5. The number of rotatable bonds is 5. The Morgan fingerprint density at radius 2 is 1.61 bits per heavy atom. The molecule has 8 nitrogen and oxygen atoms in total. The lowest BCUT2D eigenvalue weighted by Gasteiger charge is -2.11. The van der Waals surface area contributed by atoms with E-state index in [0.29, 0.717) is 40.2 Å². The third-order valence-electron chi connectivity index (χ3n) is 4.79. The van der Waals surface area contributed by atoms with Crippen molar-refractivity contribution in [1.82, 2.24) is 19.7 Å². The second-order valence-corrected chi connectivity index (χ2v) is 7.62. The van der Waals surface area contributed by atoms with Crippen LogP contribution >= 0.6 is 0 Å². The molecule has 0 bridgehead atoms. The van der Waals surface area contributed by atoms with Crippen molar-refractivity contribution in [1.29, 1.82) is 0 Å². The van der Waals surface area contributed by atoms with Crippen LogP contribution in [0.25, 0.3) is 5.82 Å². The minimum absolute atomic E-state index is 0.369. The number of carbonyl (C=O) groups excluding carboxylic acids is 1. The molecule has 0 aliphatic carbocycles. The highest BCUT2D eigenvalue weighted by Crippen LogP contribution is 2.24. The number of hydrogen-bond donors (Lipinski definition) is 2. The Bertz CT molecular complexity index is 1320. The minimum Gasteiger partial charge on any atom is -0.439 e. The van der Waals surface area contributed by atoms with Crippen LogP contribution in [0.2, 0.25) is 0 Å². The normalized spacial score (nSPS) is 10.7. The van der Waals surface area contributed by atoms with Crippen molar-refractivity contribution >= 4 is 17.4 Å². The molecule has 0 aliphatic rings. The van der Waals surface area contributed by atoms with E-state index >= 15 is 0 Å². The summed E-state index contributed by atoms with van der Waals surface area (Å²) < 4.78 is 21.3. The van der Waals surface area contributed by atoms with E-state index in [9.17, 15) is 9.18 Å². The molecule has 0 radical (unpaired) electrons. The number of aromatic nitrogens is 4. The first-order valence-corrected chi connectivity index (χ1v) is 10.3. The number of halogens is 1. The molecular formula is C24H23FN6O2. The van der Waals surface area contributed by atoms with E-state index < -0.39 is 6.03 Å². The Hall–Kier alpha value is -4.27. The Balaban J connectivity index is 1.43. The van der Waals surface area contributed by atoms with E-state index in [-0.39, 0.29) is 5.82 Å². The second kappa shape index (κ2) is 9.07. The summed E-state index contributed by atoms with van der Waals surface area (Å²) in [5, 5.41) is 9.75. The quantitative estimate of drug-likeness (QED) is 0.424. The monoisotopic (exact) mass is 446 g/mol. The van der Waals surface area contributed by atoms with Gasteiger partial charge in [0.15, 0.2) is 5.82 Å². The fourth-order valence-corrected chi connectivity index (χ4v) is 3.24. The zero-order valence-electron chi connectivity index (χ0n) is 18.7. The predicted molar refractivity (Wildman–Crippen MR) is 124 cm³/mol. The van der Waals surface area contributed by atoms with E-state index in [1.807, 2.05) is 19.9 Å². The molecule has 2 aromatic carbocycles. The van der Waals surface area contributed by atoms with Crippen LogP contribution in [0.15, 0.2) is 54.6 Å². The summed E-state index contributed by atoms with van der Waals surface area (Å²) in [6.07, 6.45) is 0. The summed E-state index contributed by atoms with van der Waals surface area (Å²) in [5.41, 5.74) is 3.28. The SMILES string of the molecule is Cc1cc(C)n(-c2cc(Oc3ccc(NC(=O)Nc4ccc(C)c(F)c4)cc3)nc(C)n2)n1. The van der Waals surface area contributed by atoms with Crippen molar-refractivity contribution in [3.05, 3.63) is 83.2 Å². The molecule has 4 aromatic rings. The van der Waals surface area contributed by atoms with Crippen LogP contribution in [-0.4, -0.2) is 25.8 Å². The van der Waals surface area contributed by atoms with Crippen LogP contribution in [-0.2, 0) is 0 Å². The molecule has 4 rings (SSSR count). The van der Waals surface area contributed by atoms with Crippen molar-refractivity contribution in [2.24, 2.45) is 0 Å². The van der Waals surface area contributed by atoms with E-state index in [2.05, 4.69) is 25.7 Å². The van der Waals surface area contributed by atoms with E-state index in [1.165, 1.54) is 6.07 Å². The zero-order chi connectivity index (χ0) is 23.5. The first kappa shape index (κ1) is 21.9. The van der Waals surface area contributed by atoms with Gasteiger partial charge in [0.25, 0.3) is 0 Å². The fraction of sp³-hybridized carbons (Fsp3) is 0.167. The van der Waals surface area contributed by atoms with Crippen molar-refractivity contribution in [2.45, 2.75) is 27.7 Å². The highest BCUT2D eigenvalue weighted by Gasteiger charge is 2.10. The number of anilines is 2. The number of hydrogen-bond acceptors (Lipinski definition) is 5. The molecule has 33 heavy (non-hydrogen) atoms. The van der Waals surface area contributed by atoms with Crippen molar-refractivity contribution in [2.75, 3.05) is 10.6 Å². The highest BCUT2D eigenvalue weighted by atomic mass is 19.1. The van der Waals surface area contributed by atoms with Gasteiger partial charge in [0.05, 0.1) is 5.69 Å². The third kappa shape index (κ3) is 5.32. The molecule has 0 atom stereocenters. The Kier molecular flexibility index (Phi) is 6.03. The van der Waals surface area contributed by atoms with Gasteiger partial charge in [0, 0.05) is 23.1 Å². The van der Waals surface area contributed by atoms with Gasteiger partial charge in [-0.3, -0.25) is 0 Å². The third-order valence-corrected chi connectivity index (χ3v) is 4.79. The number of nitrogens with one attached hydrogen (secondary N) is 2. The Labute approximate surface area is 190 Å². The van der Waals surface area contributed by atoms with Gasteiger partial charge in [-0.05, 0) is 75.7 Å². The van der Waals surface area contributed by atoms with Gasteiger partial charge in [0.2, 0.25) is 5.88 Å². The maximum Gasteiger partial charge on any atom is 0.323 e. The predicted octanol–water partition coefficient (Wildman–Crippen LogP) is 5.47. The van der Waals surface area contributed by atoms with Crippen LogP contribution in [0, 0.1) is 33.5 Å². The van der Waals surface area contributed by atoms with E-state index in [4.69, 9.17) is 4.74 Å². The molecule has 2 heterocycles. The first-order valence-electron chi connectivity index (χ1n) is 10.3. The van der Waals surface area contributed by atoms with Gasteiger partial charge < -0.3 is 15.4 Å². The number of amides is 2.